The monoisotopic (exact) mass is 275 g/mol. The van der Waals surface area contributed by atoms with E-state index in [1.807, 2.05) is 14.1 Å². The quantitative estimate of drug-likeness (QED) is 0.893. The maximum absolute atomic E-state index is 6.09. The molecule has 0 saturated heterocycles. The minimum absolute atomic E-state index is 0.302. The fourth-order valence-electron chi connectivity index (χ4n) is 1.51. The van der Waals surface area contributed by atoms with Crippen LogP contribution in [0.2, 0.25) is 10.0 Å². The highest BCUT2D eigenvalue weighted by atomic mass is 35.5. The molecule has 1 rings (SSSR count). The molecule has 1 aromatic heterocycles. The highest BCUT2D eigenvalue weighted by Gasteiger charge is 2.16. The van der Waals surface area contributed by atoms with E-state index in [4.69, 9.17) is 23.2 Å². The van der Waals surface area contributed by atoms with Gasteiger partial charge in [-0.1, -0.05) is 37.0 Å². The molecule has 17 heavy (non-hydrogen) atoms. The Labute approximate surface area is 113 Å². The van der Waals surface area contributed by atoms with Crippen molar-refractivity contribution < 1.29 is 0 Å². The zero-order chi connectivity index (χ0) is 13.0. The molecule has 1 heterocycles. The number of rotatable bonds is 5. The molecule has 0 amide bonds. The van der Waals surface area contributed by atoms with Crippen molar-refractivity contribution in [3.8, 4) is 0 Å². The van der Waals surface area contributed by atoms with Crippen molar-refractivity contribution in [2.24, 2.45) is 5.92 Å². The lowest BCUT2D eigenvalue weighted by Crippen LogP contribution is -2.36. The third-order valence-electron chi connectivity index (χ3n) is 2.50. The van der Waals surface area contributed by atoms with Crippen molar-refractivity contribution in [1.29, 1.82) is 0 Å². The fourth-order valence-corrected chi connectivity index (χ4v) is 1.95. The van der Waals surface area contributed by atoms with Crippen molar-refractivity contribution in [1.82, 2.24) is 9.88 Å². The molecule has 1 N–H and O–H groups in total. The second-order valence-electron chi connectivity index (χ2n) is 4.74. The summed E-state index contributed by atoms with van der Waals surface area (Å²) in [6, 6.07) is 2.00. The summed E-state index contributed by atoms with van der Waals surface area (Å²) >= 11 is 11.9. The van der Waals surface area contributed by atoms with E-state index in [1.165, 1.54) is 0 Å². The lowest BCUT2D eigenvalue weighted by Gasteiger charge is -2.26. The van der Waals surface area contributed by atoms with Gasteiger partial charge in [-0.15, -0.1) is 0 Å². The van der Waals surface area contributed by atoms with Crippen LogP contribution >= 0.6 is 23.2 Å². The Hall–Kier alpha value is -0.510. The number of aromatic nitrogens is 1. The van der Waals surface area contributed by atoms with Gasteiger partial charge in [-0.05, 0) is 26.1 Å². The molecule has 96 valence electrons. The Morgan fingerprint density at radius 2 is 2.00 bits per heavy atom. The van der Waals surface area contributed by atoms with Crippen LogP contribution in [-0.2, 0) is 0 Å². The molecule has 3 nitrogen and oxygen atoms in total. The van der Waals surface area contributed by atoms with Crippen molar-refractivity contribution in [3.05, 3.63) is 22.3 Å². The first-order chi connectivity index (χ1) is 7.90. The van der Waals surface area contributed by atoms with Crippen LogP contribution < -0.4 is 5.32 Å². The van der Waals surface area contributed by atoms with Crippen molar-refractivity contribution >= 4 is 29.0 Å². The summed E-state index contributed by atoms with van der Waals surface area (Å²) < 4.78 is 0. The number of hydrogen-bond acceptors (Lipinski definition) is 3. The first kappa shape index (κ1) is 14.6. The fraction of sp³-hybridized carbons (Fsp3) is 0.583. The van der Waals surface area contributed by atoms with Crippen LogP contribution in [0.1, 0.15) is 13.8 Å². The summed E-state index contributed by atoms with van der Waals surface area (Å²) in [6.45, 7) is 5.27. The molecule has 1 unspecified atom stereocenters. The Morgan fingerprint density at radius 1 is 1.35 bits per heavy atom. The van der Waals surface area contributed by atoms with Gasteiger partial charge in [-0.25, -0.2) is 4.98 Å². The molecule has 0 aromatic carbocycles. The standard InChI is InChI=1S/C12H19Cl2N3/c1-8(2)11(7-17(3)4)16-12-10(14)5-9(13)6-15-12/h5-6,8,11H,7H2,1-4H3,(H,15,16). The molecule has 0 aliphatic heterocycles. The molecule has 0 bridgehead atoms. The molecule has 0 radical (unpaired) electrons. The van der Waals surface area contributed by atoms with Gasteiger partial charge in [0.1, 0.15) is 5.82 Å². The molecule has 0 aliphatic rings. The number of hydrogen-bond donors (Lipinski definition) is 1. The smallest absolute Gasteiger partial charge is 0.145 e. The highest BCUT2D eigenvalue weighted by Crippen LogP contribution is 2.24. The number of nitrogens with zero attached hydrogens (tertiary/aromatic N) is 2. The summed E-state index contributed by atoms with van der Waals surface area (Å²) in [5, 5.41) is 4.47. The van der Waals surface area contributed by atoms with Crippen LogP contribution in [0.4, 0.5) is 5.82 Å². The number of likely N-dealkylation sites (N-methyl/N-ethyl adjacent to an activating group) is 1. The van der Waals surface area contributed by atoms with Crippen molar-refractivity contribution in [2.45, 2.75) is 19.9 Å². The normalized spacial score (nSPS) is 13.2. The second kappa shape index (κ2) is 6.43. The second-order valence-corrected chi connectivity index (χ2v) is 5.58. The van der Waals surface area contributed by atoms with E-state index in [0.717, 1.165) is 6.54 Å². The van der Waals surface area contributed by atoms with Gasteiger partial charge in [0.25, 0.3) is 0 Å². The van der Waals surface area contributed by atoms with Crippen LogP contribution in [-0.4, -0.2) is 36.6 Å². The van der Waals surface area contributed by atoms with Crippen LogP contribution in [0, 0.1) is 5.92 Å². The Balaban J connectivity index is 2.78. The molecule has 0 saturated carbocycles. The van der Waals surface area contributed by atoms with Gasteiger partial charge in [0.15, 0.2) is 0 Å². The summed E-state index contributed by atoms with van der Waals surface area (Å²) in [5.74, 6) is 1.18. The van der Waals surface area contributed by atoms with Gasteiger partial charge in [0.05, 0.1) is 10.0 Å². The summed E-state index contributed by atoms with van der Waals surface area (Å²) in [6.07, 6.45) is 1.60. The lowest BCUT2D eigenvalue weighted by molar-refractivity contribution is 0.344. The van der Waals surface area contributed by atoms with Crippen molar-refractivity contribution in [3.63, 3.8) is 0 Å². The topological polar surface area (TPSA) is 28.2 Å². The van der Waals surface area contributed by atoms with Crippen LogP contribution in [0.3, 0.4) is 0 Å². The lowest BCUT2D eigenvalue weighted by atomic mass is 10.0. The SMILES string of the molecule is CC(C)C(CN(C)C)Nc1ncc(Cl)cc1Cl. The average Bonchev–Trinajstić information content (AvgIpc) is 2.19. The van der Waals surface area contributed by atoms with Gasteiger partial charge in [0, 0.05) is 18.8 Å². The summed E-state index contributed by atoms with van der Waals surface area (Å²) in [7, 11) is 4.10. The average molecular weight is 276 g/mol. The molecular formula is C12H19Cl2N3. The van der Waals surface area contributed by atoms with Crippen molar-refractivity contribution in [2.75, 3.05) is 26.0 Å². The molecule has 1 atom stereocenters. The van der Waals surface area contributed by atoms with Crippen LogP contribution in [0.25, 0.3) is 0 Å². The predicted molar refractivity (Wildman–Crippen MR) is 75.1 cm³/mol. The van der Waals surface area contributed by atoms with E-state index in [1.54, 1.807) is 12.3 Å². The first-order valence-electron chi connectivity index (χ1n) is 5.62. The number of pyridine rings is 1. The van der Waals surface area contributed by atoms with Gasteiger partial charge in [0.2, 0.25) is 0 Å². The number of nitrogens with one attached hydrogen (secondary N) is 1. The molecule has 0 spiro atoms. The predicted octanol–water partition coefficient (Wildman–Crippen LogP) is 3.39. The zero-order valence-corrected chi connectivity index (χ0v) is 12.2. The minimum atomic E-state index is 0.302. The van der Waals surface area contributed by atoms with E-state index >= 15 is 0 Å². The third-order valence-corrected chi connectivity index (χ3v) is 2.99. The largest absolute Gasteiger partial charge is 0.365 e. The molecule has 0 fully saturated rings. The Morgan fingerprint density at radius 3 is 2.47 bits per heavy atom. The van der Waals surface area contributed by atoms with E-state index in [0.29, 0.717) is 27.8 Å². The summed E-state index contributed by atoms with van der Waals surface area (Å²) in [5.41, 5.74) is 0. The third kappa shape index (κ3) is 4.70. The maximum atomic E-state index is 6.09. The van der Waals surface area contributed by atoms with E-state index in [-0.39, 0.29) is 0 Å². The molecule has 0 aliphatic carbocycles. The van der Waals surface area contributed by atoms with E-state index in [9.17, 15) is 0 Å². The van der Waals surface area contributed by atoms with E-state index in [2.05, 4.69) is 29.0 Å². The van der Waals surface area contributed by atoms with Crippen LogP contribution in [0.15, 0.2) is 12.3 Å². The number of halogens is 2. The van der Waals surface area contributed by atoms with Gasteiger partial charge in [-0.3, -0.25) is 0 Å². The molecule has 1 aromatic rings. The molecule has 5 heteroatoms. The highest BCUT2D eigenvalue weighted by molar-refractivity contribution is 6.35. The zero-order valence-electron chi connectivity index (χ0n) is 10.7. The Bertz CT molecular complexity index is 367. The summed E-state index contributed by atoms with van der Waals surface area (Å²) in [4.78, 5) is 6.35. The van der Waals surface area contributed by atoms with E-state index < -0.39 is 0 Å². The first-order valence-corrected chi connectivity index (χ1v) is 6.38. The molecular weight excluding hydrogens is 257 g/mol. The number of anilines is 1. The maximum Gasteiger partial charge on any atom is 0.145 e. The van der Waals surface area contributed by atoms with Crippen LogP contribution in [0.5, 0.6) is 0 Å². The Kier molecular flexibility index (Phi) is 5.50. The minimum Gasteiger partial charge on any atom is -0.365 e. The van der Waals surface area contributed by atoms with Gasteiger partial charge in [-0.2, -0.15) is 0 Å². The van der Waals surface area contributed by atoms with Gasteiger partial charge >= 0.3 is 0 Å². The van der Waals surface area contributed by atoms with Gasteiger partial charge < -0.3 is 10.2 Å².